The van der Waals surface area contributed by atoms with Crippen LogP contribution in [0.4, 0.5) is 0 Å². The number of rotatable bonds is 5. The summed E-state index contributed by atoms with van der Waals surface area (Å²) in [5.41, 5.74) is 11.3. The minimum absolute atomic E-state index is 0.556. The first-order chi connectivity index (χ1) is 28.2. The maximum atomic E-state index is 6.83. The number of hydrogen-bond acceptors (Lipinski definition) is 5. The number of furan rings is 2. The Bertz CT molecular complexity index is 3470. The lowest BCUT2D eigenvalue weighted by Crippen LogP contribution is -2.00. The molecule has 4 heterocycles. The maximum absolute atomic E-state index is 6.83. The normalized spacial score (nSPS) is 11.9. The summed E-state index contributed by atoms with van der Waals surface area (Å²) in [5.74, 6) is 1.71. The van der Waals surface area contributed by atoms with Gasteiger partial charge in [0.2, 0.25) is 0 Å². The van der Waals surface area contributed by atoms with E-state index in [-0.39, 0.29) is 0 Å². The van der Waals surface area contributed by atoms with Gasteiger partial charge in [-0.05, 0) is 59.7 Å². The van der Waals surface area contributed by atoms with Crippen molar-refractivity contribution in [3.63, 3.8) is 0 Å². The Morgan fingerprint density at radius 3 is 1.70 bits per heavy atom. The molecule has 0 aliphatic rings. The van der Waals surface area contributed by atoms with Crippen molar-refractivity contribution in [1.82, 2.24) is 19.5 Å². The fourth-order valence-electron chi connectivity index (χ4n) is 8.44. The van der Waals surface area contributed by atoms with Gasteiger partial charge in [-0.3, -0.25) is 0 Å². The van der Waals surface area contributed by atoms with E-state index in [4.69, 9.17) is 23.8 Å². The molecule has 0 saturated heterocycles. The Labute approximate surface area is 325 Å². The molecule has 0 aliphatic carbocycles. The summed E-state index contributed by atoms with van der Waals surface area (Å²) in [6.45, 7) is 0. The maximum Gasteiger partial charge on any atom is 0.164 e. The first-order valence-corrected chi connectivity index (χ1v) is 19.0. The van der Waals surface area contributed by atoms with Crippen LogP contribution in [0.1, 0.15) is 0 Å². The minimum Gasteiger partial charge on any atom is -0.456 e. The van der Waals surface area contributed by atoms with Gasteiger partial charge in [0.05, 0.1) is 16.7 Å². The minimum atomic E-state index is 0.556. The topological polar surface area (TPSA) is 69.9 Å². The Balaban J connectivity index is 1.04. The zero-order valence-electron chi connectivity index (χ0n) is 30.4. The van der Waals surface area contributed by atoms with E-state index in [1.807, 2.05) is 48.5 Å². The average molecular weight is 731 g/mol. The molecule has 0 radical (unpaired) electrons. The highest BCUT2D eigenvalue weighted by molar-refractivity contribution is 6.14. The van der Waals surface area contributed by atoms with Crippen LogP contribution in [0.2, 0.25) is 0 Å². The van der Waals surface area contributed by atoms with Crippen molar-refractivity contribution < 1.29 is 8.83 Å². The molecule has 266 valence electrons. The van der Waals surface area contributed by atoms with Gasteiger partial charge in [0.15, 0.2) is 23.1 Å². The van der Waals surface area contributed by atoms with E-state index in [9.17, 15) is 0 Å². The Morgan fingerprint density at radius 2 is 0.930 bits per heavy atom. The van der Waals surface area contributed by atoms with Crippen LogP contribution < -0.4 is 0 Å². The summed E-state index contributed by atoms with van der Waals surface area (Å²) in [6, 6.07) is 62.6. The van der Waals surface area contributed by atoms with Crippen LogP contribution in [0.5, 0.6) is 0 Å². The number of para-hydroxylation sites is 3. The van der Waals surface area contributed by atoms with Crippen LogP contribution in [0.15, 0.2) is 191 Å². The van der Waals surface area contributed by atoms with Crippen LogP contribution in [-0.4, -0.2) is 19.5 Å². The molecule has 6 heteroatoms. The predicted octanol–water partition coefficient (Wildman–Crippen LogP) is 13.4. The molecule has 8 aromatic carbocycles. The predicted molar refractivity (Wildman–Crippen MR) is 230 cm³/mol. The smallest absolute Gasteiger partial charge is 0.164 e. The van der Waals surface area contributed by atoms with Crippen molar-refractivity contribution in [1.29, 1.82) is 0 Å². The second-order valence-corrected chi connectivity index (χ2v) is 14.4. The highest BCUT2D eigenvalue weighted by Gasteiger charge is 2.21. The molecule has 0 bridgehead atoms. The van der Waals surface area contributed by atoms with Gasteiger partial charge in [-0.2, -0.15) is 0 Å². The molecule has 6 nitrogen and oxygen atoms in total. The third kappa shape index (κ3) is 4.94. The summed E-state index contributed by atoms with van der Waals surface area (Å²) >= 11 is 0. The monoisotopic (exact) mass is 730 g/mol. The van der Waals surface area contributed by atoms with Crippen LogP contribution in [0.3, 0.4) is 0 Å². The van der Waals surface area contributed by atoms with E-state index in [0.29, 0.717) is 17.5 Å². The van der Waals surface area contributed by atoms with Crippen molar-refractivity contribution in [3.8, 4) is 51.0 Å². The van der Waals surface area contributed by atoms with Crippen molar-refractivity contribution >= 4 is 65.7 Å². The van der Waals surface area contributed by atoms with E-state index in [0.717, 1.165) is 88.4 Å². The third-order valence-corrected chi connectivity index (χ3v) is 11.1. The van der Waals surface area contributed by atoms with E-state index in [1.165, 1.54) is 10.8 Å². The molecule has 0 fully saturated rings. The van der Waals surface area contributed by atoms with Gasteiger partial charge < -0.3 is 13.4 Å². The zero-order valence-corrected chi connectivity index (χ0v) is 30.4. The summed E-state index contributed by atoms with van der Waals surface area (Å²) in [7, 11) is 0. The molecular weight excluding hydrogens is 701 g/mol. The molecule has 0 N–H and O–H groups in total. The summed E-state index contributed by atoms with van der Waals surface area (Å²) in [4.78, 5) is 15.3. The molecule has 0 aliphatic heterocycles. The van der Waals surface area contributed by atoms with Gasteiger partial charge >= 0.3 is 0 Å². The lowest BCUT2D eigenvalue weighted by Gasteiger charge is -2.09. The van der Waals surface area contributed by atoms with Crippen LogP contribution in [-0.2, 0) is 0 Å². The highest BCUT2D eigenvalue weighted by atomic mass is 16.3. The van der Waals surface area contributed by atoms with Crippen LogP contribution in [0, 0.1) is 0 Å². The highest BCUT2D eigenvalue weighted by Crippen LogP contribution is 2.41. The Kier molecular flexibility index (Phi) is 6.83. The van der Waals surface area contributed by atoms with Gasteiger partial charge in [-0.25, -0.2) is 15.0 Å². The van der Waals surface area contributed by atoms with Crippen molar-refractivity contribution in [2.75, 3.05) is 0 Å². The van der Waals surface area contributed by atoms with Gasteiger partial charge in [0, 0.05) is 49.0 Å². The Hall–Kier alpha value is -7.83. The summed E-state index contributed by atoms with van der Waals surface area (Å²) in [6.07, 6.45) is 0. The van der Waals surface area contributed by atoms with E-state index in [1.54, 1.807) is 0 Å². The quantitative estimate of drug-likeness (QED) is 0.176. The lowest BCUT2D eigenvalue weighted by molar-refractivity contribution is 0.666. The number of nitrogens with zero attached hydrogens (tertiary/aromatic N) is 4. The fourth-order valence-corrected chi connectivity index (χ4v) is 8.44. The van der Waals surface area contributed by atoms with Gasteiger partial charge in [-0.15, -0.1) is 0 Å². The second-order valence-electron chi connectivity index (χ2n) is 14.4. The standard InChI is InChI=1S/C51H30N4O2/c1-3-13-31(14-4-1)33-25-28-39-46(29-33)56-44-24-12-20-40(47(39)44)51-53-49(32-15-5-2-6-16-32)52-50(54-51)34-26-27-37-38-19-11-23-43(48(38)57-45(37)30-34)55-41-21-9-7-17-35(41)36-18-8-10-22-42(36)55/h1-30H. The van der Waals surface area contributed by atoms with E-state index >= 15 is 0 Å². The SMILES string of the molecule is c1ccc(-c2ccc3c(c2)oc2cccc(-c4nc(-c5ccccc5)nc(-c5ccc6c(c5)oc5c(-n7c8ccccc8c8ccccc87)cccc56)n4)c23)cc1. The molecular formula is C51H30N4O2. The van der Waals surface area contributed by atoms with Gasteiger partial charge in [0.25, 0.3) is 0 Å². The van der Waals surface area contributed by atoms with Crippen molar-refractivity contribution in [2.45, 2.75) is 0 Å². The molecule has 0 unspecified atom stereocenters. The number of fused-ring (bicyclic) bond motifs is 9. The second kappa shape index (κ2) is 12.3. The summed E-state index contributed by atoms with van der Waals surface area (Å²) < 4.78 is 15.6. The number of hydrogen-bond donors (Lipinski definition) is 0. The molecule has 0 amide bonds. The van der Waals surface area contributed by atoms with E-state index in [2.05, 4.69) is 138 Å². The molecule has 4 aromatic heterocycles. The van der Waals surface area contributed by atoms with E-state index < -0.39 is 0 Å². The third-order valence-electron chi connectivity index (χ3n) is 11.1. The van der Waals surface area contributed by atoms with Gasteiger partial charge in [0.1, 0.15) is 16.7 Å². The molecule has 57 heavy (non-hydrogen) atoms. The molecule has 0 atom stereocenters. The molecule has 0 spiro atoms. The lowest BCUT2D eigenvalue weighted by atomic mass is 10.0. The van der Waals surface area contributed by atoms with Crippen molar-refractivity contribution in [2.24, 2.45) is 0 Å². The first kappa shape index (κ1) is 31.5. The number of aromatic nitrogens is 4. The Morgan fingerprint density at radius 1 is 0.351 bits per heavy atom. The zero-order chi connectivity index (χ0) is 37.5. The number of benzene rings is 8. The largest absolute Gasteiger partial charge is 0.456 e. The van der Waals surface area contributed by atoms with Crippen molar-refractivity contribution in [3.05, 3.63) is 182 Å². The van der Waals surface area contributed by atoms with Crippen LogP contribution >= 0.6 is 0 Å². The summed E-state index contributed by atoms with van der Waals surface area (Å²) in [5, 5.41) is 6.46. The molecule has 12 aromatic rings. The molecule has 0 saturated carbocycles. The average Bonchev–Trinajstić information content (AvgIpc) is 3.96. The van der Waals surface area contributed by atoms with Crippen LogP contribution in [0.25, 0.3) is 117 Å². The van der Waals surface area contributed by atoms with Gasteiger partial charge in [-0.1, -0.05) is 133 Å². The molecule has 12 rings (SSSR count). The fraction of sp³-hybridized carbons (Fsp3) is 0. The first-order valence-electron chi connectivity index (χ1n) is 19.0.